The van der Waals surface area contributed by atoms with Gasteiger partial charge in [-0.2, -0.15) is 0 Å². The normalized spacial score (nSPS) is 16.7. The summed E-state index contributed by atoms with van der Waals surface area (Å²) in [5.41, 5.74) is 1.15. The van der Waals surface area contributed by atoms with Crippen LogP contribution >= 0.6 is 0 Å². The molecule has 0 aromatic heterocycles. The number of benzene rings is 1. The third-order valence-electron chi connectivity index (χ3n) is 3.87. The van der Waals surface area contributed by atoms with Gasteiger partial charge in [0.25, 0.3) is 0 Å². The van der Waals surface area contributed by atoms with Gasteiger partial charge in [0.2, 0.25) is 0 Å². The van der Waals surface area contributed by atoms with E-state index < -0.39 is 9.84 Å². The maximum absolute atomic E-state index is 11.4. The molecular weight excluding hydrogens is 286 g/mol. The first-order valence-electron chi connectivity index (χ1n) is 7.51. The highest BCUT2D eigenvalue weighted by atomic mass is 32.2. The second-order valence-corrected chi connectivity index (χ2v) is 8.24. The standard InChI is InChI=1S/C16H25NO3S/c1-20-16-6-4-3-5-14(16)11-13(9-10-21(2,18)19)12-17-15-7-8-15/h3-6,13,15,17H,7-12H2,1-2H3. The van der Waals surface area contributed by atoms with Gasteiger partial charge in [0.15, 0.2) is 0 Å². The molecule has 1 atom stereocenters. The molecule has 1 unspecified atom stereocenters. The van der Waals surface area contributed by atoms with Gasteiger partial charge in [-0.1, -0.05) is 18.2 Å². The van der Waals surface area contributed by atoms with E-state index in [4.69, 9.17) is 4.74 Å². The molecule has 1 N–H and O–H groups in total. The van der Waals surface area contributed by atoms with Crippen LogP contribution in [0.15, 0.2) is 24.3 Å². The Morgan fingerprint density at radius 1 is 1.33 bits per heavy atom. The summed E-state index contributed by atoms with van der Waals surface area (Å²) in [5, 5.41) is 3.52. The molecule has 4 nitrogen and oxygen atoms in total. The summed E-state index contributed by atoms with van der Waals surface area (Å²) >= 11 is 0. The van der Waals surface area contributed by atoms with Crippen LogP contribution < -0.4 is 10.1 Å². The fraction of sp³-hybridized carbons (Fsp3) is 0.625. The lowest BCUT2D eigenvalue weighted by atomic mass is 9.96. The van der Waals surface area contributed by atoms with Gasteiger partial charge in [0.05, 0.1) is 12.9 Å². The summed E-state index contributed by atoms with van der Waals surface area (Å²) in [4.78, 5) is 0. The van der Waals surface area contributed by atoms with Crippen molar-refractivity contribution in [2.24, 2.45) is 5.92 Å². The maximum atomic E-state index is 11.4. The molecule has 1 aliphatic carbocycles. The van der Waals surface area contributed by atoms with Gasteiger partial charge in [-0.3, -0.25) is 0 Å². The van der Waals surface area contributed by atoms with Crippen molar-refractivity contribution in [3.63, 3.8) is 0 Å². The van der Waals surface area contributed by atoms with Crippen molar-refractivity contribution < 1.29 is 13.2 Å². The fourth-order valence-corrected chi connectivity index (χ4v) is 3.22. The Bertz CT molecular complexity index is 552. The highest BCUT2D eigenvalue weighted by Crippen LogP contribution is 2.24. The topological polar surface area (TPSA) is 55.4 Å². The van der Waals surface area contributed by atoms with Crippen LogP contribution in [0.3, 0.4) is 0 Å². The van der Waals surface area contributed by atoms with Crippen molar-refractivity contribution in [3.05, 3.63) is 29.8 Å². The third-order valence-corrected chi connectivity index (χ3v) is 4.85. The number of ether oxygens (including phenoxy) is 1. The predicted octanol–water partition coefficient (Wildman–Crippen LogP) is 2.04. The number of sulfone groups is 1. The van der Waals surface area contributed by atoms with Gasteiger partial charge < -0.3 is 10.1 Å². The molecule has 2 rings (SSSR count). The quantitative estimate of drug-likeness (QED) is 0.758. The second-order valence-electron chi connectivity index (χ2n) is 5.98. The molecule has 0 aliphatic heterocycles. The molecule has 0 saturated heterocycles. The van der Waals surface area contributed by atoms with E-state index in [1.54, 1.807) is 7.11 Å². The van der Waals surface area contributed by atoms with Crippen molar-refractivity contribution in [2.45, 2.75) is 31.7 Å². The summed E-state index contributed by atoms with van der Waals surface area (Å²) in [5.74, 6) is 1.45. The lowest BCUT2D eigenvalue weighted by molar-refractivity contribution is 0.398. The first-order valence-corrected chi connectivity index (χ1v) is 9.57. The zero-order valence-corrected chi connectivity index (χ0v) is 13.7. The van der Waals surface area contributed by atoms with E-state index in [-0.39, 0.29) is 5.75 Å². The Kier molecular flexibility index (Phi) is 5.65. The first-order chi connectivity index (χ1) is 9.98. The summed E-state index contributed by atoms with van der Waals surface area (Å²) in [6, 6.07) is 8.61. The Morgan fingerprint density at radius 2 is 2.05 bits per heavy atom. The number of rotatable bonds is 9. The summed E-state index contributed by atoms with van der Waals surface area (Å²) < 4.78 is 28.2. The van der Waals surface area contributed by atoms with Crippen LogP contribution in [-0.2, 0) is 16.3 Å². The summed E-state index contributed by atoms with van der Waals surface area (Å²) in [6.45, 7) is 0.873. The number of para-hydroxylation sites is 1. The number of hydrogen-bond acceptors (Lipinski definition) is 4. The van der Waals surface area contributed by atoms with Gasteiger partial charge in [-0.25, -0.2) is 8.42 Å². The van der Waals surface area contributed by atoms with Crippen LogP contribution in [0, 0.1) is 5.92 Å². The maximum Gasteiger partial charge on any atom is 0.147 e. The van der Waals surface area contributed by atoms with Crippen LogP contribution in [-0.4, -0.2) is 40.1 Å². The Morgan fingerprint density at radius 3 is 2.67 bits per heavy atom. The predicted molar refractivity (Wildman–Crippen MR) is 85.5 cm³/mol. The van der Waals surface area contributed by atoms with Crippen LogP contribution in [0.4, 0.5) is 0 Å². The Labute approximate surface area is 127 Å². The lowest BCUT2D eigenvalue weighted by Crippen LogP contribution is -2.27. The second kappa shape index (κ2) is 7.27. The van der Waals surface area contributed by atoms with Gasteiger partial charge in [-0.05, 0) is 49.8 Å². The van der Waals surface area contributed by atoms with Gasteiger partial charge in [0, 0.05) is 12.3 Å². The molecule has 0 heterocycles. The highest BCUT2D eigenvalue weighted by Gasteiger charge is 2.23. The summed E-state index contributed by atoms with van der Waals surface area (Å²) in [6.07, 6.45) is 5.33. The summed E-state index contributed by atoms with van der Waals surface area (Å²) in [7, 11) is -1.24. The monoisotopic (exact) mass is 311 g/mol. The van der Waals surface area contributed by atoms with E-state index in [0.717, 1.165) is 24.3 Å². The minimum atomic E-state index is -2.91. The van der Waals surface area contributed by atoms with Gasteiger partial charge in [-0.15, -0.1) is 0 Å². The molecule has 1 aromatic carbocycles. The number of nitrogens with one attached hydrogen (secondary N) is 1. The average Bonchev–Trinajstić information content (AvgIpc) is 3.25. The Hall–Kier alpha value is -1.07. The zero-order chi connectivity index (χ0) is 15.3. The molecule has 1 aromatic rings. The third kappa shape index (κ3) is 6.06. The van der Waals surface area contributed by atoms with Crippen LogP contribution in [0.2, 0.25) is 0 Å². The van der Waals surface area contributed by atoms with E-state index in [1.165, 1.54) is 19.1 Å². The minimum Gasteiger partial charge on any atom is -0.496 e. The molecule has 0 radical (unpaired) electrons. The molecule has 0 bridgehead atoms. The van der Waals surface area contributed by atoms with Gasteiger partial charge in [0.1, 0.15) is 15.6 Å². The number of hydrogen-bond donors (Lipinski definition) is 1. The van der Waals surface area contributed by atoms with Gasteiger partial charge >= 0.3 is 0 Å². The molecule has 1 fully saturated rings. The highest BCUT2D eigenvalue weighted by molar-refractivity contribution is 7.90. The van der Waals surface area contributed by atoms with E-state index in [0.29, 0.717) is 18.4 Å². The first kappa shape index (κ1) is 16.3. The molecular formula is C16H25NO3S. The molecule has 5 heteroatoms. The molecule has 0 amide bonds. The van der Waals surface area contributed by atoms with Crippen molar-refractivity contribution in [1.82, 2.24) is 5.32 Å². The molecule has 1 aliphatic rings. The van der Waals surface area contributed by atoms with E-state index >= 15 is 0 Å². The van der Waals surface area contributed by atoms with Crippen molar-refractivity contribution in [1.29, 1.82) is 0 Å². The molecule has 118 valence electrons. The SMILES string of the molecule is COc1ccccc1CC(CCS(C)(=O)=O)CNC1CC1. The van der Waals surface area contributed by atoms with E-state index in [1.807, 2.05) is 18.2 Å². The lowest BCUT2D eigenvalue weighted by Gasteiger charge is -2.19. The zero-order valence-electron chi connectivity index (χ0n) is 12.8. The number of methoxy groups -OCH3 is 1. The van der Waals surface area contributed by atoms with Crippen molar-refractivity contribution in [2.75, 3.05) is 25.7 Å². The molecule has 1 saturated carbocycles. The van der Waals surface area contributed by atoms with Crippen LogP contribution in [0.1, 0.15) is 24.8 Å². The molecule has 21 heavy (non-hydrogen) atoms. The fourth-order valence-electron chi connectivity index (χ4n) is 2.46. The van der Waals surface area contributed by atoms with Crippen molar-refractivity contribution >= 4 is 9.84 Å². The minimum absolute atomic E-state index is 0.249. The van der Waals surface area contributed by atoms with Crippen LogP contribution in [0.25, 0.3) is 0 Å². The smallest absolute Gasteiger partial charge is 0.147 e. The van der Waals surface area contributed by atoms with E-state index in [2.05, 4.69) is 11.4 Å². The average molecular weight is 311 g/mol. The van der Waals surface area contributed by atoms with Crippen LogP contribution in [0.5, 0.6) is 5.75 Å². The Balaban J connectivity index is 1.98. The van der Waals surface area contributed by atoms with Crippen molar-refractivity contribution in [3.8, 4) is 5.75 Å². The molecule has 0 spiro atoms. The van der Waals surface area contributed by atoms with E-state index in [9.17, 15) is 8.42 Å². The largest absolute Gasteiger partial charge is 0.496 e.